The zero-order chi connectivity index (χ0) is 16.1. The van der Waals surface area contributed by atoms with Gasteiger partial charge in [0.15, 0.2) is 5.82 Å². The molecule has 118 valence electrons. The van der Waals surface area contributed by atoms with Crippen LogP contribution in [0.25, 0.3) is 10.8 Å². The number of aromatic amines is 1. The summed E-state index contributed by atoms with van der Waals surface area (Å²) in [5, 5.41) is 17.2. The number of amides is 1. The van der Waals surface area contributed by atoms with Crippen molar-refractivity contribution in [3.63, 3.8) is 0 Å². The van der Waals surface area contributed by atoms with Crippen LogP contribution in [0.2, 0.25) is 0 Å². The number of nitrogens with zero attached hydrogens (tertiary/aromatic N) is 2. The average molecular weight is 313 g/mol. The molecule has 0 saturated carbocycles. The van der Waals surface area contributed by atoms with Gasteiger partial charge in [-0.2, -0.15) is 5.10 Å². The molecular formula is C15H15N5O3. The molecule has 23 heavy (non-hydrogen) atoms. The van der Waals surface area contributed by atoms with Gasteiger partial charge in [0.1, 0.15) is 0 Å². The molecule has 0 spiro atoms. The third kappa shape index (κ3) is 3.37. The highest BCUT2D eigenvalue weighted by Gasteiger charge is 2.08. The molecule has 0 aliphatic heterocycles. The van der Waals surface area contributed by atoms with E-state index in [-0.39, 0.29) is 17.2 Å². The fourth-order valence-corrected chi connectivity index (χ4v) is 2.17. The zero-order valence-electron chi connectivity index (χ0n) is 12.2. The first kappa shape index (κ1) is 14.8. The van der Waals surface area contributed by atoms with Crippen LogP contribution in [0.15, 0.2) is 45.8 Å². The fraction of sp³-hybridized carbons (Fsp3) is 0.200. The number of H-pyrrole nitrogens is 1. The lowest BCUT2D eigenvalue weighted by Gasteiger charge is -2.08. The number of hydrogen-bond acceptors (Lipinski definition) is 6. The van der Waals surface area contributed by atoms with Crippen molar-refractivity contribution in [2.75, 3.05) is 18.4 Å². The molecule has 2 aromatic heterocycles. The number of carbonyl (C=O) groups is 1. The second-order valence-corrected chi connectivity index (χ2v) is 4.86. The smallest absolute Gasteiger partial charge is 0.289 e. The lowest BCUT2D eigenvalue weighted by Crippen LogP contribution is -2.25. The van der Waals surface area contributed by atoms with Crippen LogP contribution < -0.4 is 16.2 Å². The second-order valence-electron chi connectivity index (χ2n) is 4.86. The molecular weight excluding hydrogens is 298 g/mol. The van der Waals surface area contributed by atoms with E-state index < -0.39 is 0 Å². The number of anilines is 1. The molecule has 3 rings (SSSR count). The maximum absolute atomic E-state index is 11.7. The normalized spacial score (nSPS) is 10.6. The van der Waals surface area contributed by atoms with Crippen molar-refractivity contribution in [2.24, 2.45) is 0 Å². The summed E-state index contributed by atoms with van der Waals surface area (Å²) >= 11 is 0. The van der Waals surface area contributed by atoms with Crippen LogP contribution in [0.3, 0.4) is 0 Å². The number of carbonyl (C=O) groups excluding carboxylic acids is 1. The van der Waals surface area contributed by atoms with E-state index in [2.05, 4.69) is 26.0 Å². The molecule has 1 amide bonds. The molecule has 0 bridgehead atoms. The maximum atomic E-state index is 11.7. The molecule has 0 aliphatic rings. The largest absolute Gasteiger partial charge is 0.368 e. The quantitative estimate of drug-likeness (QED) is 0.588. The van der Waals surface area contributed by atoms with Gasteiger partial charge < -0.3 is 15.2 Å². The van der Waals surface area contributed by atoms with Crippen LogP contribution in [-0.4, -0.2) is 34.4 Å². The van der Waals surface area contributed by atoms with Crippen molar-refractivity contribution >= 4 is 22.5 Å². The molecule has 8 nitrogen and oxygen atoms in total. The summed E-state index contributed by atoms with van der Waals surface area (Å²) in [6.07, 6.45) is 2.11. The topological polar surface area (TPSA) is 113 Å². The van der Waals surface area contributed by atoms with Gasteiger partial charge in [-0.15, -0.1) is 0 Å². The highest BCUT2D eigenvalue weighted by atomic mass is 16.5. The molecule has 1 aromatic carbocycles. The Morgan fingerprint density at radius 3 is 2.78 bits per heavy atom. The molecule has 0 radical (unpaired) electrons. The monoisotopic (exact) mass is 313 g/mol. The molecule has 0 unspecified atom stereocenters. The summed E-state index contributed by atoms with van der Waals surface area (Å²) in [6, 6.07) is 8.75. The Kier molecular flexibility index (Phi) is 4.32. The zero-order valence-corrected chi connectivity index (χ0v) is 12.2. The second kappa shape index (κ2) is 6.73. The molecule has 3 aromatic rings. The minimum Gasteiger partial charge on any atom is -0.368 e. The number of rotatable bonds is 6. The van der Waals surface area contributed by atoms with E-state index >= 15 is 0 Å². The van der Waals surface area contributed by atoms with Crippen LogP contribution in [0, 0.1) is 0 Å². The van der Waals surface area contributed by atoms with Gasteiger partial charge in [0, 0.05) is 24.5 Å². The summed E-state index contributed by atoms with van der Waals surface area (Å²) in [7, 11) is 0. The van der Waals surface area contributed by atoms with Crippen LogP contribution in [0.1, 0.15) is 17.0 Å². The molecule has 0 saturated heterocycles. The lowest BCUT2D eigenvalue weighted by atomic mass is 10.2. The molecule has 8 heteroatoms. The van der Waals surface area contributed by atoms with E-state index in [0.29, 0.717) is 30.7 Å². The van der Waals surface area contributed by atoms with E-state index in [0.717, 1.165) is 5.39 Å². The first-order chi connectivity index (χ1) is 11.3. The van der Waals surface area contributed by atoms with Gasteiger partial charge in [0.2, 0.25) is 5.76 Å². The fourth-order valence-electron chi connectivity index (χ4n) is 2.17. The number of nitrogens with one attached hydrogen (secondary N) is 3. The molecule has 3 N–H and O–H groups in total. The number of hydrogen-bond donors (Lipinski definition) is 3. The molecule has 2 heterocycles. The van der Waals surface area contributed by atoms with Gasteiger partial charge in [-0.3, -0.25) is 9.59 Å². The first-order valence-corrected chi connectivity index (χ1v) is 7.16. The average Bonchev–Trinajstić information content (AvgIpc) is 3.11. The van der Waals surface area contributed by atoms with Crippen LogP contribution in [0.5, 0.6) is 0 Å². The van der Waals surface area contributed by atoms with E-state index in [9.17, 15) is 9.59 Å². The Labute approximate surface area is 130 Å². The lowest BCUT2D eigenvalue weighted by molar-refractivity contribution is 0.0916. The van der Waals surface area contributed by atoms with Gasteiger partial charge in [0.05, 0.1) is 11.6 Å². The standard InChI is InChI=1S/C15H15N5O3/c21-14-11-5-2-1-4-10(11)13(19-20-14)16-7-3-8-17-15(22)12-6-9-18-23-12/h1-2,4-6,9H,3,7-8H2,(H,16,19)(H,17,22)(H,20,21). The van der Waals surface area contributed by atoms with Gasteiger partial charge in [-0.1, -0.05) is 23.4 Å². The van der Waals surface area contributed by atoms with E-state index in [4.69, 9.17) is 4.52 Å². The van der Waals surface area contributed by atoms with Crippen LogP contribution >= 0.6 is 0 Å². The van der Waals surface area contributed by atoms with Gasteiger partial charge >= 0.3 is 0 Å². The highest BCUT2D eigenvalue weighted by molar-refractivity contribution is 5.91. The van der Waals surface area contributed by atoms with Gasteiger partial charge in [-0.05, 0) is 12.5 Å². The molecule has 0 atom stereocenters. The summed E-state index contributed by atoms with van der Waals surface area (Å²) < 4.78 is 4.76. The Morgan fingerprint density at radius 2 is 2.00 bits per heavy atom. The Hall–Kier alpha value is -3.16. The number of aromatic nitrogens is 3. The molecule has 0 aliphatic carbocycles. The van der Waals surface area contributed by atoms with E-state index in [1.807, 2.05) is 12.1 Å². The minimum atomic E-state index is -0.296. The van der Waals surface area contributed by atoms with Crippen LogP contribution in [-0.2, 0) is 0 Å². The third-order valence-corrected chi connectivity index (χ3v) is 3.29. The number of benzene rings is 1. The van der Waals surface area contributed by atoms with Crippen molar-refractivity contribution in [3.8, 4) is 0 Å². The predicted molar refractivity (Wildman–Crippen MR) is 84.3 cm³/mol. The SMILES string of the molecule is O=C(NCCCNc1n[nH]c(=O)c2ccccc12)c1ccno1. The van der Waals surface area contributed by atoms with E-state index in [1.165, 1.54) is 12.3 Å². The van der Waals surface area contributed by atoms with Crippen molar-refractivity contribution in [1.82, 2.24) is 20.7 Å². The van der Waals surface area contributed by atoms with Crippen molar-refractivity contribution in [2.45, 2.75) is 6.42 Å². The van der Waals surface area contributed by atoms with Crippen molar-refractivity contribution < 1.29 is 9.32 Å². The summed E-state index contributed by atoms with van der Waals surface area (Å²) in [5.41, 5.74) is -0.217. The molecule has 0 fully saturated rings. The Balaban J connectivity index is 1.53. The Bertz CT molecular complexity index is 857. The van der Waals surface area contributed by atoms with Crippen molar-refractivity contribution in [3.05, 3.63) is 52.6 Å². The predicted octanol–water partition coefficient (Wildman–Crippen LogP) is 1.14. The summed E-state index contributed by atoms with van der Waals surface area (Å²) in [6.45, 7) is 1.08. The first-order valence-electron chi connectivity index (χ1n) is 7.16. The maximum Gasteiger partial charge on any atom is 0.289 e. The summed E-state index contributed by atoms with van der Waals surface area (Å²) in [4.78, 5) is 23.3. The Morgan fingerprint density at radius 1 is 1.17 bits per heavy atom. The van der Waals surface area contributed by atoms with E-state index in [1.54, 1.807) is 12.1 Å². The highest BCUT2D eigenvalue weighted by Crippen LogP contribution is 2.16. The third-order valence-electron chi connectivity index (χ3n) is 3.29. The van der Waals surface area contributed by atoms with Crippen LogP contribution in [0.4, 0.5) is 5.82 Å². The number of fused-ring (bicyclic) bond motifs is 1. The van der Waals surface area contributed by atoms with Gasteiger partial charge in [-0.25, -0.2) is 5.10 Å². The van der Waals surface area contributed by atoms with Crippen molar-refractivity contribution in [1.29, 1.82) is 0 Å². The minimum absolute atomic E-state index is 0.186. The summed E-state index contributed by atoms with van der Waals surface area (Å²) in [5.74, 6) is 0.503. The van der Waals surface area contributed by atoms with Gasteiger partial charge in [0.25, 0.3) is 11.5 Å².